The van der Waals surface area contributed by atoms with Crippen LogP contribution in [0.15, 0.2) is 211 Å². The Hall–Kier alpha value is -6.96. The van der Waals surface area contributed by atoms with Crippen molar-refractivity contribution in [2.24, 2.45) is 0 Å². The lowest BCUT2D eigenvalue weighted by atomic mass is 9.93. The molecule has 302 valence electrons. The molecule has 0 saturated carbocycles. The van der Waals surface area contributed by atoms with Crippen molar-refractivity contribution in [1.82, 2.24) is 0 Å². The average Bonchev–Trinajstić information content (AvgIpc) is 3.67. The molecule has 0 radical (unpaired) electrons. The Morgan fingerprint density at radius 2 is 0.820 bits per heavy atom. The van der Waals surface area contributed by atoms with Gasteiger partial charge in [0.2, 0.25) is 0 Å². The molecular formula is C60H56O. The minimum Gasteiger partial charge on any atom is -0.456 e. The van der Waals surface area contributed by atoms with Gasteiger partial charge in [-0.05, 0) is 131 Å². The van der Waals surface area contributed by atoms with Crippen LogP contribution in [0.4, 0.5) is 0 Å². The van der Waals surface area contributed by atoms with Gasteiger partial charge in [0.15, 0.2) is 0 Å². The number of hydrogen-bond acceptors (Lipinski definition) is 1. The Balaban J connectivity index is 0.000000130. The Bertz CT molecular complexity index is 2960. The highest BCUT2D eigenvalue weighted by Crippen LogP contribution is 2.33. The van der Waals surface area contributed by atoms with Crippen LogP contribution in [0.2, 0.25) is 0 Å². The summed E-state index contributed by atoms with van der Waals surface area (Å²) in [6.45, 7) is 15.1. The average molecular weight is 793 g/mol. The molecule has 1 aromatic heterocycles. The van der Waals surface area contributed by atoms with Crippen molar-refractivity contribution in [3.05, 3.63) is 240 Å². The molecule has 61 heavy (non-hydrogen) atoms. The van der Waals surface area contributed by atoms with E-state index in [1.165, 1.54) is 88.3 Å². The molecule has 10 rings (SSSR count). The molecule has 0 N–H and O–H groups in total. The lowest BCUT2D eigenvalue weighted by Gasteiger charge is -2.12. The van der Waals surface area contributed by atoms with E-state index >= 15 is 0 Å². The minimum atomic E-state index is 0.659. The van der Waals surface area contributed by atoms with Crippen LogP contribution in [0.3, 0.4) is 0 Å². The summed E-state index contributed by atoms with van der Waals surface area (Å²) in [6.07, 6.45) is 0. The van der Waals surface area contributed by atoms with Gasteiger partial charge < -0.3 is 4.42 Å². The van der Waals surface area contributed by atoms with E-state index in [1.54, 1.807) is 0 Å². The fourth-order valence-electron chi connectivity index (χ4n) is 7.59. The second-order valence-corrected chi connectivity index (χ2v) is 16.2. The summed E-state index contributed by atoms with van der Waals surface area (Å²) in [7, 11) is 0. The largest absolute Gasteiger partial charge is 0.456 e. The normalized spacial score (nSPS) is 10.7. The van der Waals surface area contributed by atoms with Crippen molar-refractivity contribution in [3.63, 3.8) is 0 Å². The first-order valence-electron chi connectivity index (χ1n) is 21.4. The van der Waals surface area contributed by atoms with E-state index in [0.717, 1.165) is 11.2 Å². The maximum Gasteiger partial charge on any atom is 0.135 e. The molecule has 0 fully saturated rings. The van der Waals surface area contributed by atoms with Crippen LogP contribution in [0.5, 0.6) is 0 Å². The minimum absolute atomic E-state index is 0.659. The van der Waals surface area contributed by atoms with Gasteiger partial charge in [-0.3, -0.25) is 0 Å². The zero-order valence-electron chi connectivity index (χ0n) is 36.6. The summed E-state index contributed by atoms with van der Waals surface area (Å²) in [5.74, 6) is 0.659. The Labute approximate surface area is 363 Å². The summed E-state index contributed by atoms with van der Waals surface area (Å²) in [5.41, 5.74) is 17.5. The highest BCUT2D eigenvalue weighted by Gasteiger charge is 2.09. The smallest absolute Gasteiger partial charge is 0.135 e. The summed E-state index contributed by atoms with van der Waals surface area (Å²) >= 11 is 0. The zero-order chi connectivity index (χ0) is 42.7. The third-order valence-electron chi connectivity index (χ3n) is 11.3. The van der Waals surface area contributed by atoms with E-state index in [9.17, 15) is 0 Å². The van der Waals surface area contributed by atoms with Crippen LogP contribution in [0.25, 0.3) is 66.1 Å². The summed E-state index contributed by atoms with van der Waals surface area (Å²) < 4.78 is 5.86. The van der Waals surface area contributed by atoms with Crippen LogP contribution < -0.4 is 0 Å². The van der Waals surface area contributed by atoms with Gasteiger partial charge in [0.25, 0.3) is 0 Å². The van der Waals surface area contributed by atoms with Crippen molar-refractivity contribution >= 4 is 32.7 Å². The summed E-state index contributed by atoms with van der Waals surface area (Å²) in [5, 5.41) is 5.04. The first kappa shape index (κ1) is 42.2. The molecule has 0 aliphatic carbocycles. The molecule has 0 unspecified atom stereocenters. The third kappa shape index (κ3) is 10.6. The van der Waals surface area contributed by atoms with Crippen LogP contribution in [0, 0.1) is 34.6 Å². The molecule has 0 aliphatic heterocycles. The fraction of sp³-hybridized carbons (Fsp3) is 0.133. The molecule has 0 amide bonds. The van der Waals surface area contributed by atoms with Gasteiger partial charge in [0.1, 0.15) is 11.2 Å². The first-order chi connectivity index (χ1) is 29.6. The number of para-hydroxylation sites is 1. The highest BCUT2D eigenvalue weighted by molar-refractivity contribution is 6.06. The van der Waals surface area contributed by atoms with E-state index in [4.69, 9.17) is 4.42 Å². The number of benzene rings is 9. The van der Waals surface area contributed by atoms with Gasteiger partial charge in [0, 0.05) is 10.8 Å². The fourth-order valence-corrected chi connectivity index (χ4v) is 7.59. The van der Waals surface area contributed by atoms with Gasteiger partial charge >= 0.3 is 0 Å². The summed E-state index contributed by atoms with van der Waals surface area (Å²) in [6, 6.07) is 72.6. The molecular weight excluding hydrogens is 737 g/mol. The predicted octanol–water partition coefficient (Wildman–Crippen LogP) is 17.5. The second kappa shape index (κ2) is 19.9. The molecule has 0 bridgehead atoms. The maximum absolute atomic E-state index is 5.86. The lowest BCUT2D eigenvalue weighted by Crippen LogP contribution is -1.88. The standard InChI is InChI=1S/C21H20.C19H14O.C11H10.C9H12/c1-15-8-11-18(12-9-15)19-13-10-17(3)21(14-19)20-7-5-4-6-16(20)2;1-13-6-8-14(9-7-13)15-10-11-19-17(12-15)16-4-2-3-5-18(16)20-19;1-9-5-4-7-10-6-2-3-8-11(9)10;1-8(2)9-6-4-3-5-7-9/h4-14H,1-3H3;2-12H,1H3;2-8H,1H3;3-8H,1-2H3. The quantitative estimate of drug-likeness (QED) is 0.173. The third-order valence-corrected chi connectivity index (χ3v) is 11.3. The van der Waals surface area contributed by atoms with Crippen LogP contribution >= 0.6 is 0 Å². The van der Waals surface area contributed by atoms with E-state index in [-0.39, 0.29) is 0 Å². The van der Waals surface area contributed by atoms with E-state index in [0.29, 0.717) is 5.92 Å². The van der Waals surface area contributed by atoms with Crippen molar-refractivity contribution in [2.75, 3.05) is 0 Å². The molecule has 1 heteroatoms. The molecule has 0 atom stereocenters. The van der Waals surface area contributed by atoms with Crippen molar-refractivity contribution in [2.45, 2.75) is 54.4 Å². The summed E-state index contributed by atoms with van der Waals surface area (Å²) in [4.78, 5) is 0. The zero-order valence-corrected chi connectivity index (χ0v) is 36.6. The topological polar surface area (TPSA) is 13.1 Å². The second-order valence-electron chi connectivity index (χ2n) is 16.2. The predicted molar refractivity (Wildman–Crippen MR) is 265 cm³/mol. The molecule has 0 spiro atoms. The van der Waals surface area contributed by atoms with Gasteiger partial charge in [-0.2, -0.15) is 0 Å². The maximum atomic E-state index is 5.86. The van der Waals surface area contributed by atoms with Gasteiger partial charge in [0.05, 0.1) is 0 Å². The molecule has 0 saturated heterocycles. The van der Waals surface area contributed by atoms with Crippen molar-refractivity contribution in [3.8, 4) is 33.4 Å². The highest BCUT2D eigenvalue weighted by atomic mass is 16.3. The van der Waals surface area contributed by atoms with Gasteiger partial charge in [-0.25, -0.2) is 0 Å². The van der Waals surface area contributed by atoms with E-state index < -0.39 is 0 Å². The number of furan rings is 1. The molecule has 10 aromatic rings. The van der Waals surface area contributed by atoms with Crippen LogP contribution in [0.1, 0.15) is 53.1 Å². The lowest BCUT2D eigenvalue weighted by molar-refractivity contribution is 0.669. The van der Waals surface area contributed by atoms with Gasteiger partial charge in [-0.1, -0.05) is 207 Å². The van der Waals surface area contributed by atoms with Crippen molar-refractivity contribution in [1.29, 1.82) is 0 Å². The Kier molecular flexibility index (Phi) is 13.7. The number of fused-ring (bicyclic) bond motifs is 4. The van der Waals surface area contributed by atoms with Crippen molar-refractivity contribution < 1.29 is 4.42 Å². The van der Waals surface area contributed by atoms with Gasteiger partial charge in [-0.15, -0.1) is 0 Å². The Morgan fingerprint density at radius 1 is 0.328 bits per heavy atom. The molecule has 1 heterocycles. The van der Waals surface area contributed by atoms with E-state index in [2.05, 4.69) is 237 Å². The van der Waals surface area contributed by atoms with Crippen LogP contribution in [-0.2, 0) is 0 Å². The SMILES string of the molecule is CC(C)c1ccccc1.Cc1ccc(-c2ccc(C)c(-c3ccccc3C)c2)cc1.Cc1ccc(-c2ccc3oc4ccccc4c3c2)cc1.Cc1cccc2ccccc12. The number of aryl methyl sites for hydroxylation is 5. The Morgan fingerprint density at radius 3 is 1.46 bits per heavy atom. The number of hydrogen-bond donors (Lipinski definition) is 0. The molecule has 9 aromatic carbocycles. The number of rotatable bonds is 4. The van der Waals surface area contributed by atoms with E-state index in [1.807, 2.05) is 18.2 Å². The molecule has 1 nitrogen and oxygen atoms in total. The first-order valence-corrected chi connectivity index (χ1v) is 21.4. The molecule has 0 aliphatic rings. The monoisotopic (exact) mass is 792 g/mol. The van der Waals surface area contributed by atoms with Crippen LogP contribution in [-0.4, -0.2) is 0 Å².